The summed E-state index contributed by atoms with van der Waals surface area (Å²) in [7, 11) is -1.26. The Morgan fingerprint density at radius 3 is 2.62 bits per heavy atom. The van der Waals surface area contributed by atoms with Crippen molar-refractivity contribution in [3.8, 4) is 6.07 Å². The molecule has 1 heterocycles. The fourth-order valence-corrected chi connectivity index (χ4v) is 4.15. The predicted molar refractivity (Wildman–Crippen MR) is 84.7 cm³/mol. The minimum Gasteiger partial charge on any atom is -0.375 e. The van der Waals surface area contributed by atoms with Crippen molar-refractivity contribution in [2.75, 3.05) is 13.2 Å². The SMILES string of the molecule is [3H]C1CC(OP(OCCC#N)N(C(C)C)C(C)C)C(CC)O1. The molecule has 0 amide bonds. The van der Waals surface area contributed by atoms with Gasteiger partial charge in [0.25, 0.3) is 8.53 Å². The van der Waals surface area contributed by atoms with Crippen molar-refractivity contribution < 1.29 is 15.2 Å². The molecule has 0 saturated carbocycles. The molecule has 0 aromatic carbocycles. The molecule has 1 rings (SSSR count). The van der Waals surface area contributed by atoms with Crippen LogP contribution in [0.4, 0.5) is 0 Å². The number of nitriles is 1. The Balaban J connectivity index is 2.78. The van der Waals surface area contributed by atoms with E-state index in [2.05, 4.69) is 38.4 Å². The molecule has 0 bridgehead atoms. The zero-order valence-corrected chi connectivity index (χ0v) is 14.7. The van der Waals surface area contributed by atoms with Crippen LogP contribution in [0.1, 0.15) is 55.3 Å². The van der Waals surface area contributed by atoms with Gasteiger partial charge in [0.2, 0.25) is 0 Å². The third-order valence-corrected chi connectivity index (χ3v) is 5.46. The van der Waals surface area contributed by atoms with Gasteiger partial charge in [0.15, 0.2) is 0 Å². The maximum Gasteiger partial charge on any atom is 0.259 e. The molecule has 0 aliphatic carbocycles. The second kappa shape index (κ2) is 9.71. The molecule has 4 atom stereocenters. The summed E-state index contributed by atoms with van der Waals surface area (Å²) in [4.78, 5) is 0. The zero-order chi connectivity index (χ0) is 16.7. The molecule has 21 heavy (non-hydrogen) atoms. The summed E-state index contributed by atoms with van der Waals surface area (Å²) in [6, 6.07) is 2.66. The maximum atomic E-state index is 8.71. The van der Waals surface area contributed by atoms with Gasteiger partial charge in [-0.05, 0) is 40.5 Å². The predicted octanol–water partition coefficient (Wildman–Crippen LogP) is 3.85. The average molecular weight is 318 g/mol. The van der Waals surface area contributed by atoms with Crippen LogP contribution in [0.15, 0.2) is 0 Å². The van der Waals surface area contributed by atoms with E-state index in [1.165, 1.54) is 0 Å². The lowest BCUT2D eigenvalue weighted by Gasteiger charge is -2.37. The van der Waals surface area contributed by atoms with E-state index in [4.69, 9.17) is 20.4 Å². The molecule has 0 N–H and O–H groups in total. The maximum absolute atomic E-state index is 8.71. The molecular weight excluding hydrogens is 287 g/mol. The first-order valence-electron chi connectivity index (χ1n) is 8.31. The number of rotatable bonds is 9. The van der Waals surface area contributed by atoms with Crippen LogP contribution in [0.3, 0.4) is 0 Å². The van der Waals surface area contributed by atoms with Gasteiger partial charge in [-0.15, -0.1) is 0 Å². The highest BCUT2D eigenvalue weighted by atomic mass is 31.2. The topological polar surface area (TPSA) is 54.7 Å². The highest BCUT2D eigenvalue weighted by molar-refractivity contribution is 7.44. The van der Waals surface area contributed by atoms with E-state index >= 15 is 0 Å². The first kappa shape index (κ1) is 17.1. The minimum atomic E-state index is -1.26. The second-order valence-corrected chi connectivity index (χ2v) is 7.08. The largest absolute Gasteiger partial charge is 0.375 e. The lowest BCUT2D eigenvalue weighted by atomic mass is 10.1. The third-order valence-electron chi connectivity index (χ3n) is 3.30. The molecule has 1 aliphatic rings. The summed E-state index contributed by atoms with van der Waals surface area (Å²) in [6.07, 6.45) is 1.59. The summed E-state index contributed by atoms with van der Waals surface area (Å²) in [5.74, 6) is 0. The van der Waals surface area contributed by atoms with Gasteiger partial charge in [-0.2, -0.15) is 5.26 Å². The molecule has 6 heteroatoms. The van der Waals surface area contributed by atoms with Crippen molar-refractivity contribution in [3.05, 3.63) is 0 Å². The van der Waals surface area contributed by atoms with Crippen LogP contribution < -0.4 is 0 Å². The summed E-state index contributed by atoms with van der Waals surface area (Å²) in [5.41, 5.74) is 0. The molecule has 1 fully saturated rings. The monoisotopic (exact) mass is 318 g/mol. The van der Waals surface area contributed by atoms with E-state index in [1.54, 1.807) is 0 Å². The van der Waals surface area contributed by atoms with Gasteiger partial charge in [-0.25, -0.2) is 4.67 Å². The van der Waals surface area contributed by atoms with Crippen molar-refractivity contribution in [1.82, 2.24) is 4.67 Å². The fraction of sp³-hybridized carbons (Fsp3) is 0.933. The number of hydrogen-bond acceptors (Lipinski definition) is 5. The Labute approximate surface area is 131 Å². The Morgan fingerprint density at radius 1 is 1.43 bits per heavy atom. The quantitative estimate of drug-likeness (QED) is 0.477. The van der Waals surface area contributed by atoms with E-state index in [-0.39, 0.29) is 24.3 Å². The normalized spacial score (nSPS) is 28.1. The lowest BCUT2D eigenvalue weighted by molar-refractivity contribution is 0.0408. The molecule has 0 spiro atoms. The molecule has 0 radical (unpaired) electrons. The third kappa shape index (κ3) is 5.81. The van der Waals surface area contributed by atoms with Crippen LogP contribution in [0.2, 0.25) is 0 Å². The van der Waals surface area contributed by atoms with Crippen LogP contribution in [0.25, 0.3) is 0 Å². The fourth-order valence-electron chi connectivity index (χ4n) is 2.39. The first-order valence-corrected chi connectivity index (χ1v) is 8.86. The standard InChI is InChI=1S/C15H29N2O3P/c1-6-14-15(8-11-18-14)20-21(19-10-7-9-16)17(12(2)3)13(4)5/h12-15H,6-8,10-11H2,1-5H3/i11T. The highest BCUT2D eigenvalue weighted by Gasteiger charge is 2.35. The molecular formula is C15H29N2O3P. The molecule has 1 aliphatic heterocycles. The van der Waals surface area contributed by atoms with Crippen molar-refractivity contribution in [1.29, 1.82) is 5.26 Å². The second-order valence-electron chi connectivity index (χ2n) is 5.68. The van der Waals surface area contributed by atoms with Gasteiger partial charge < -0.3 is 13.8 Å². The Hall–Kier alpha value is -0.240. The van der Waals surface area contributed by atoms with Crippen LogP contribution in [-0.2, 0) is 13.8 Å². The average Bonchev–Trinajstić information content (AvgIpc) is 2.78. The van der Waals surface area contributed by atoms with E-state index in [9.17, 15) is 0 Å². The molecule has 4 unspecified atom stereocenters. The molecule has 5 nitrogen and oxygen atoms in total. The Kier molecular flexibility index (Phi) is 7.92. The molecule has 0 aromatic rings. The van der Waals surface area contributed by atoms with Gasteiger partial charge in [0.1, 0.15) is 0 Å². The van der Waals surface area contributed by atoms with Crippen LogP contribution in [0, 0.1) is 11.3 Å². The van der Waals surface area contributed by atoms with Crippen molar-refractivity contribution in [2.24, 2.45) is 0 Å². The molecule has 122 valence electrons. The zero-order valence-electron chi connectivity index (χ0n) is 14.8. The van der Waals surface area contributed by atoms with Gasteiger partial charge >= 0.3 is 0 Å². The van der Waals surface area contributed by atoms with Gasteiger partial charge in [-0.1, -0.05) is 6.92 Å². The van der Waals surface area contributed by atoms with E-state index in [0.29, 0.717) is 19.4 Å². The first-order chi connectivity index (χ1) is 10.4. The van der Waals surface area contributed by atoms with Crippen LogP contribution >= 0.6 is 8.53 Å². The number of ether oxygens (including phenoxy) is 1. The van der Waals surface area contributed by atoms with Crippen LogP contribution in [0.5, 0.6) is 0 Å². The smallest absolute Gasteiger partial charge is 0.259 e. The summed E-state index contributed by atoms with van der Waals surface area (Å²) in [6.45, 7) is 10.3. The van der Waals surface area contributed by atoms with Gasteiger partial charge in [0.05, 0.1) is 32.7 Å². The van der Waals surface area contributed by atoms with Crippen LogP contribution in [-0.4, -0.2) is 42.2 Å². The summed E-state index contributed by atoms with van der Waals surface area (Å²) in [5, 5.41) is 8.71. The number of hydrogen-bond donors (Lipinski definition) is 0. The molecule has 0 aromatic heterocycles. The Bertz CT molecular complexity index is 357. The van der Waals surface area contributed by atoms with Crippen molar-refractivity contribution in [3.63, 3.8) is 0 Å². The van der Waals surface area contributed by atoms with E-state index in [1.807, 2.05) is 6.92 Å². The Morgan fingerprint density at radius 2 is 2.10 bits per heavy atom. The molecule has 1 saturated heterocycles. The van der Waals surface area contributed by atoms with E-state index < -0.39 is 15.1 Å². The highest BCUT2D eigenvalue weighted by Crippen LogP contribution is 2.48. The van der Waals surface area contributed by atoms with Gasteiger partial charge in [0, 0.05) is 18.7 Å². The van der Waals surface area contributed by atoms with E-state index in [0.717, 1.165) is 6.42 Å². The summed E-state index contributed by atoms with van der Waals surface area (Å²) < 4.78 is 27.7. The van der Waals surface area contributed by atoms with Crippen molar-refractivity contribution in [2.45, 2.75) is 78.2 Å². The summed E-state index contributed by atoms with van der Waals surface area (Å²) >= 11 is 0. The van der Waals surface area contributed by atoms with Gasteiger partial charge in [-0.3, -0.25) is 0 Å². The minimum absolute atomic E-state index is 0.0479. The number of nitrogens with zero attached hydrogens (tertiary/aromatic N) is 2. The lowest BCUT2D eigenvalue weighted by Crippen LogP contribution is -2.35. The van der Waals surface area contributed by atoms with Crippen molar-refractivity contribution >= 4 is 8.53 Å².